The molecule has 0 aliphatic carbocycles. The van der Waals surface area contributed by atoms with Crippen molar-refractivity contribution < 1.29 is 0 Å². The van der Waals surface area contributed by atoms with E-state index in [0.29, 0.717) is 5.92 Å². The predicted molar refractivity (Wildman–Crippen MR) is 78.9 cm³/mol. The summed E-state index contributed by atoms with van der Waals surface area (Å²) in [5, 5.41) is 12.8. The number of unbranched alkanes of at least 4 members (excludes halogenated alkanes) is 1. The fourth-order valence-electron chi connectivity index (χ4n) is 1.74. The van der Waals surface area contributed by atoms with Gasteiger partial charge in [-0.2, -0.15) is 4.68 Å². The van der Waals surface area contributed by atoms with E-state index < -0.39 is 0 Å². The lowest BCUT2D eigenvalue weighted by Crippen LogP contribution is -2.00. The van der Waals surface area contributed by atoms with E-state index in [-0.39, 0.29) is 0 Å². The van der Waals surface area contributed by atoms with Crippen LogP contribution >= 0.6 is 11.8 Å². The van der Waals surface area contributed by atoms with Crippen LogP contribution in [0.5, 0.6) is 0 Å². The van der Waals surface area contributed by atoms with Crippen molar-refractivity contribution in [1.82, 2.24) is 20.2 Å². The number of nitrogens with zero attached hydrogens (tertiary/aromatic N) is 4. The highest BCUT2D eigenvalue weighted by atomic mass is 32.2. The summed E-state index contributed by atoms with van der Waals surface area (Å²) in [6.45, 7) is 6.57. The molecule has 2 aromatic rings. The van der Waals surface area contributed by atoms with Gasteiger partial charge >= 0.3 is 0 Å². The van der Waals surface area contributed by atoms with Crippen molar-refractivity contribution in [3.05, 3.63) is 29.8 Å². The van der Waals surface area contributed by atoms with Crippen LogP contribution in [0.2, 0.25) is 0 Å². The first-order valence-electron chi connectivity index (χ1n) is 6.74. The lowest BCUT2D eigenvalue weighted by atomic mass is 10.0. The molecule has 0 aliphatic rings. The van der Waals surface area contributed by atoms with E-state index in [1.165, 1.54) is 18.4 Å². The number of hydrogen-bond donors (Lipinski definition) is 0. The van der Waals surface area contributed by atoms with Crippen LogP contribution in [0.1, 0.15) is 45.1 Å². The molecule has 1 aromatic heterocycles. The van der Waals surface area contributed by atoms with Gasteiger partial charge in [0.25, 0.3) is 0 Å². The van der Waals surface area contributed by atoms with Crippen molar-refractivity contribution in [2.75, 3.05) is 5.75 Å². The molecule has 0 amide bonds. The molecule has 5 heteroatoms. The first kappa shape index (κ1) is 14.1. The van der Waals surface area contributed by atoms with Crippen molar-refractivity contribution in [3.8, 4) is 5.69 Å². The Bertz CT molecular complexity index is 504. The van der Waals surface area contributed by atoms with Crippen LogP contribution < -0.4 is 0 Å². The molecular formula is C14H20N4S. The van der Waals surface area contributed by atoms with Gasteiger partial charge in [0.05, 0.1) is 5.69 Å². The lowest BCUT2D eigenvalue weighted by Gasteiger charge is -2.07. The maximum Gasteiger partial charge on any atom is 0.214 e. The predicted octanol–water partition coefficient (Wildman–Crippen LogP) is 3.68. The summed E-state index contributed by atoms with van der Waals surface area (Å²) in [6, 6.07) is 8.44. The molecule has 0 unspecified atom stereocenters. The van der Waals surface area contributed by atoms with E-state index in [0.717, 1.165) is 16.6 Å². The smallest absolute Gasteiger partial charge is 0.188 e. The van der Waals surface area contributed by atoms with Crippen molar-refractivity contribution in [2.45, 2.75) is 44.7 Å². The third kappa shape index (κ3) is 3.56. The highest BCUT2D eigenvalue weighted by Crippen LogP contribution is 2.21. The third-order valence-electron chi connectivity index (χ3n) is 2.97. The van der Waals surface area contributed by atoms with Crippen LogP contribution in [-0.2, 0) is 0 Å². The molecular weight excluding hydrogens is 256 g/mol. The minimum Gasteiger partial charge on any atom is -0.188 e. The first-order chi connectivity index (χ1) is 9.22. The number of benzene rings is 1. The Labute approximate surface area is 118 Å². The molecule has 2 rings (SSSR count). The van der Waals surface area contributed by atoms with E-state index in [4.69, 9.17) is 0 Å². The Morgan fingerprint density at radius 1 is 1.21 bits per heavy atom. The fraction of sp³-hybridized carbons (Fsp3) is 0.500. The van der Waals surface area contributed by atoms with E-state index in [9.17, 15) is 0 Å². The van der Waals surface area contributed by atoms with Crippen LogP contribution in [0.4, 0.5) is 0 Å². The minimum absolute atomic E-state index is 0.543. The second-order valence-electron chi connectivity index (χ2n) is 4.82. The Kier molecular flexibility index (Phi) is 4.96. The number of rotatable bonds is 6. The zero-order valence-electron chi connectivity index (χ0n) is 11.7. The summed E-state index contributed by atoms with van der Waals surface area (Å²) in [5.41, 5.74) is 2.35. The maximum absolute atomic E-state index is 4.09. The normalized spacial score (nSPS) is 11.2. The molecule has 4 nitrogen and oxygen atoms in total. The van der Waals surface area contributed by atoms with Crippen molar-refractivity contribution in [1.29, 1.82) is 0 Å². The average molecular weight is 276 g/mol. The number of thioether (sulfide) groups is 1. The molecule has 0 N–H and O–H groups in total. The number of tetrazole rings is 1. The molecule has 0 bridgehead atoms. The highest BCUT2D eigenvalue weighted by molar-refractivity contribution is 7.99. The highest BCUT2D eigenvalue weighted by Gasteiger charge is 2.09. The Balaban J connectivity index is 2.15. The van der Waals surface area contributed by atoms with Crippen molar-refractivity contribution in [3.63, 3.8) is 0 Å². The van der Waals surface area contributed by atoms with Crippen LogP contribution in [-0.4, -0.2) is 26.0 Å². The fourth-order valence-corrected chi connectivity index (χ4v) is 2.71. The van der Waals surface area contributed by atoms with Gasteiger partial charge < -0.3 is 0 Å². The van der Waals surface area contributed by atoms with Gasteiger partial charge in [0, 0.05) is 5.75 Å². The number of aromatic nitrogens is 4. The molecule has 0 fully saturated rings. The zero-order valence-corrected chi connectivity index (χ0v) is 12.5. The van der Waals surface area contributed by atoms with Gasteiger partial charge in [-0.3, -0.25) is 0 Å². The van der Waals surface area contributed by atoms with Gasteiger partial charge in [0.2, 0.25) is 5.16 Å². The molecule has 0 saturated heterocycles. The largest absolute Gasteiger partial charge is 0.214 e. The van der Waals surface area contributed by atoms with E-state index in [2.05, 4.69) is 60.6 Å². The average Bonchev–Trinajstić information content (AvgIpc) is 2.87. The van der Waals surface area contributed by atoms with Gasteiger partial charge in [-0.25, -0.2) is 0 Å². The molecule has 1 heterocycles. The summed E-state index contributed by atoms with van der Waals surface area (Å²) in [5.74, 6) is 1.60. The maximum atomic E-state index is 4.09. The quantitative estimate of drug-likeness (QED) is 0.596. The van der Waals surface area contributed by atoms with E-state index in [1.807, 2.05) is 4.68 Å². The van der Waals surface area contributed by atoms with E-state index >= 15 is 0 Å². The second-order valence-corrected chi connectivity index (χ2v) is 5.88. The number of hydrogen-bond acceptors (Lipinski definition) is 4. The molecule has 0 radical (unpaired) electrons. The second kappa shape index (κ2) is 6.70. The lowest BCUT2D eigenvalue weighted by molar-refractivity contribution is 0.753. The van der Waals surface area contributed by atoms with Gasteiger partial charge in [-0.1, -0.05) is 51.1 Å². The zero-order chi connectivity index (χ0) is 13.7. The SMILES string of the molecule is CCCCSc1nnnn1-c1ccc(C(C)C)cc1. The molecule has 102 valence electrons. The Hall–Kier alpha value is -1.36. The molecule has 0 saturated carbocycles. The summed E-state index contributed by atoms with van der Waals surface area (Å²) < 4.78 is 1.81. The third-order valence-corrected chi connectivity index (χ3v) is 3.98. The summed E-state index contributed by atoms with van der Waals surface area (Å²) in [6.07, 6.45) is 2.38. The van der Waals surface area contributed by atoms with Crippen LogP contribution in [0, 0.1) is 0 Å². The summed E-state index contributed by atoms with van der Waals surface area (Å²) >= 11 is 1.71. The van der Waals surface area contributed by atoms with Crippen LogP contribution in [0.25, 0.3) is 5.69 Å². The molecule has 19 heavy (non-hydrogen) atoms. The molecule has 0 aliphatic heterocycles. The van der Waals surface area contributed by atoms with E-state index in [1.54, 1.807) is 11.8 Å². The Morgan fingerprint density at radius 2 is 1.95 bits per heavy atom. The van der Waals surface area contributed by atoms with Gasteiger partial charge in [0.1, 0.15) is 0 Å². The van der Waals surface area contributed by atoms with Crippen molar-refractivity contribution >= 4 is 11.8 Å². The van der Waals surface area contributed by atoms with Crippen LogP contribution in [0.15, 0.2) is 29.4 Å². The Morgan fingerprint density at radius 3 is 2.58 bits per heavy atom. The molecule has 0 atom stereocenters. The molecule has 1 aromatic carbocycles. The monoisotopic (exact) mass is 276 g/mol. The topological polar surface area (TPSA) is 43.6 Å². The first-order valence-corrected chi connectivity index (χ1v) is 7.72. The summed E-state index contributed by atoms with van der Waals surface area (Å²) in [7, 11) is 0. The van der Waals surface area contributed by atoms with Gasteiger partial charge in [-0.05, 0) is 40.5 Å². The van der Waals surface area contributed by atoms with Gasteiger partial charge in [-0.15, -0.1) is 5.10 Å². The van der Waals surface area contributed by atoms with Gasteiger partial charge in [0.15, 0.2) is 0 Å². The van der Waals surface area contributed by atoms with Crippen LogP contribution in [0.3, 0.4) is 0 Å². The molecule has 0 spiro atoms. The van der Waals surface area contributed by atoms with Crippen molar-refractivity contribution in [2.24, 2.45) is 0 Å². The standard InChI is InChI=1S/C14H20N4S/c1-4-5-10-19-14-15-16-17-18(14)13-8-6-12(7-9-13)11(2)3/h6-9,11H,4-5,10H2,1-3H3. The minimum atomic E-state index is 0.543. The summed E-state index contributed by atoms with van der Waals surface area (Å²) in [4.78, 5) is 0.